The molecular formula is C19H22F2N2O3. The summed E-state index contributed by atoms with van der Waals surface area (Å²) in [6, 6.07) is 3.00. The Morgan fingerprint density at radius 1 is 1.27 bits per heavy atom. The lowest BCUT2D eigenvalue weighted by molar-refractivity contribution is -0.0627. The van der Waals surface area contributed by atoms with Crippen LogP contribution in [0.25, 0.3) is 0 Å². The van der Waals surface area contributed by atoms with Gasteiger partial charge in [0, 0.05) is 30.5 Å². The maximum absolute atomic E-state index is 13.7. The largest absolute Gasteiger partial charge is 0.444 e. The van der Waals surface area contributed by atoms with Gasteiger partial charge in [-0.05, 0) is 45.7 Å². The van der Waals surface area contributed by atoms with Gasteiger partial charge in [-0.1, -0.05) is 0 Å². The van der Waals surface area contributed by atoms with Crippen LogP contribution < -0.4 is 0 Å². The number of amides is 1. The second kappa shape index (κ2) is 6.20. The van der Waals surface area contributed by atoms with E-state index in [1.165, 1.54) is 0 Å². The molecule has 2 saturated heterocycles. The van der Waals surface area contributed by atoms with Crippen molar-refractivity contribution >= 4 is 6.09 Å². The molecule has 0 radical (unpaired) electrons. The standard InChI is InChI=1S/C19H22F2N2O3/c1-18(2,3)26-17(24)23-12-4-5-13(23)9-19(25,8-12)14-7-16(21)15(20)6-11(14)10-22/h6-7,12-13,25H,4-5,8-9H2,1-3H3. The van der Waals surface area contributed by atoms with Crippen LogP contribution >= 0.6 is 0 Å². The monoisotopic (exact) mass is 364 g/mol. The summed E-state index contributed by atoms with van der Waals surface area (Å²) in [6.45, 7) is 5.36. The zero-order valence-corrected chi connectivity index (χ0v) is 15.1. The molecule has 2 heterocycles. The van der Waals surface area contributed by atoms with E-state index in [9.17, 15) is 23.9 Å². The maximum atomic E-state index is 13.7. The van der Waals surface area contributed by atoms with Gasteiger partial charge in [0.25, 0.3) is 0 Å². The normalized spacial score (nSPS) is 28.0. The lowest BCUT2D eigenvalue weighted by Gasteiger charge is -2.44. The van der Waals surface area contributed by atoms with Crippen molar-refractivity contribution in [3.05, 3.63) is 34.9 Å². The summed E-state index contributed by atoms with van der Waals surface area (Å²) < 4.78 is 32.6. The Kier molecular flexibility index (Phi) is 4.43. The number of ether oxygens (including phenoxy) is 1. The van der Waals surface area contributed by atoms with Gasteiger partial charge in [-0.3, -0.25) is 0 Å². The summed E-state index contributed by atoms with van der Waals surface area (Å²) in [7, 11) is 0. The Labute approximate surface area is 151 Å². The number of rotatable bonds is 1. The van der Waals surface area contributed by atoms with Gasteiger partial charge in [0.15, 0.2) is 11.6 Å². The predicted octanol–water partition coefficient (Wildman–Crippen LogP) is 3.59. The topological polar surface area (TPSA) is 73.6 Å². The highest BCUT2D eigenvalue weighted by atomic mass is 19.2. The van der Waals surface area contributed by atoms with E-state index in [2.05, 4.69) is 0 Å². The van der Waals surface area contributed by atoms with E-state index in [0.717, 1.165) is 12.1 Å². The third-order valence-corrected chi connectivity index (χ3v) is 5.05. The first-order valence-electron chi connectivity index (χ1n) is 8.67. The van der Waals surface area contributed by atoms with Crippen LogP contribution in [-0.2, 0) is 10.3 Å². The third-order valence-electron chi connectivity index (χ3n) is 5.05. The number of hydrogen-bond donors (Lipinski definition) is 1. The summed E-state index contributed by atoms with van der Waals surface area (Å²) in [4.78, 5) is 14.1. The molecule has 2 aliphatic rings. The van der Waals surface area contributed by atoms with Gasteiger partial charge in [0.05, 0.1) is 17.2 Å². The molecule has 0 aromatic heterocycles. The molecular weight excluding hydrogens is 342 g/mol. The Bertz CT molecular complexity index is 768. The Hall–Kier alpha value is -2.20. The van der Waals surface area contributed by atoms with Crippen LogP contribution in [0, 0.1) is 23.0 Å². The first-order valence-corrected chi connectivity index (χ1v) is 8.67. The molecule has 0 saturated carbocycles. The van der Waals surface area contributed by atoms with Crippen LogP contribution in [0.1, 0.15) is 57.6 Å². The van der Waals surface area contributed by atoms with Gasteiger partial charge in [-0.2, -0.15) is 5.26 Å². The van der Waals surface area contributed by atoms with E-state index in [1.54, 1.807) is 25.7 Å². The maximum Gasteiger partial charge on any atom is 0.410 e. The molecule has 2 atom stereocenters. The van der Waals surface area contributed by atoms with Gasteiger partial charge in [0.2, 0.25) is 0 Å². The molecule has 5 nitrogen and oxygen atoms in total. The van der Waals surface area contributed by atoms with Crippen LogP contribution in [0.4, 0.5) is 13.6 Å². The van der Waals surface area contributed by atoms with Crippen LogP contribution in [0.2, 0.25) is 0 Å². The van der Waals surface area contributed by atoms with Gasteiger partial charge in [0.1, 0.15) is 5.60 Å². The fourth-order valence-electron chi connectivity index (χ4n) is 4.08. The summed E-state index contributed by atoms with van der Waals surface area (Å²) >= 11 is 0. The minimum atomic E-state index is -1.48. The predicted molar refractivity (Wildman–Crippen MR) is 89.1 cm³/mol. The summed E-state index contributed by atoms with van der Waals surface area (Å²) in [5.74, 6) is -2.22. The fourth-order valence-corrected chi connectivity index (χ4v) is 4.08. The lowest BCUT2D eigenvalue weighted by Crippen LogP contribution is -2.53. The minimum absolute atomic E-state index is 0.0830. The number of halogens is 2. The quantitative estimate of drug-likeness (QED) is 0.826. The van der Waals surface area contributed by atoms with E-state index in [0.29, 0.717) is 12.8 Å². The number of benzene rings is 1. The van der Waals surface area contributed by atoms with E-state index in [4.69, 9.17) is 4.74 Å². The van der Waals surface area contributed by atoms with E-state index in [1.807, 2.05) is 6.07 Å². The second-order valence-electron chi connectivity index (χ2n) is 8.14. The molecule has 7 heteroatoms. The highest BCUT2D eigenvalue weighted by Crippen LogP contribution is 2.47. The van der Waals surface area contributed by atoms with Crippen molar-refractivity contribution in [2.24, 2.45) is 0 Å². The first kappa shape index (κ1) is 18.6. The zero-order chi connectivity index (χ0) is 19.3. The Balaban J connectivity index is 1.90. The third kappa shape index (κ3) is 3.26. The van der Waals surface area contributed by atoms with Crippen LogP contribution in [0.3, 0.4) is 0 Å². The van der Waals surface area contributed by atoms with Crippen LogP contribution in [-0.4, -0.2) is 33.8 Å². The molecule has 0 spiro atoms. The molecule has 2 fully saturated rings. The van der Waals surface area contributed by atoms with E-state index < -0.39 is 28.9 Å². The number of aliphatic hydroxyl groups is 1. The summed E-state index contributed by atoms with van der Waals surface area (Å²) in [5.41, 5.74) is -2.11. The minimum Gasteiger partial charge on any atom is -0.444 e. The average Bonchev–Trinajstić information content (AvgIpc) is 2.80. The first-order chi connectivity index (χ1) is 12.0. The number of carbonyl (C=O) groups excluding carboxylic acids is 1. The summed E-state index contributed by atoms with van der Waals surface area (Å²) in [5, 5.41) is 20.4. The number of piperidine rings is 1. The van der Waals surface area contributed by atoms with Crippen molar-refractivity contribution in [1.82, 2.24) is 4.90 Å². The van der Waals surface area contributed by atoms with Crippen molar-refractivity contribution in [2.75, 3.05) is 0 Å². The fraction of sp³-hybridized carbons (Fsp3) is 0.579. The van der Waals surface area contributed by atoms with E-state index in [-0.39, 0.29) is 36.1 Å². The molecule has 3 rings (SSSR count). The van der Waals surface area contributed by atoms with Gasteiger partial charge >= 0.3 is 6.09 Å². The molecule has 1 aromatic carbocycles. The zero-order valence-electron chi connectivity index (χ0n) is 15.1. The Morgan fingerprint density at radius 3 is 2.31 bits per heavy atom. The van der Waals surface area contributed by atoms with Crippen LogP contribution in [0.5, 0.6) is 0 Å². The van der Waals surface area contributed by atoms with Gasteiger partial charge < -0.3 is 14.7 Å². The number of hydrogen-bond acceptors (Lipinski definition) is 4. The highest BCUT2D eigenvalue weighted by Gasteiger charge is 2.51. The van der Waals surface area contributed by atoms with Crippen molar-refractivity contribution in [3.63, 3.8) is 0 Å². The molecule has 1 aromatic rings. The molecule has 1 amide bonds. The van der Waals surface area contributed by atoms with Gasteiger partial charge in [-0.15, -0.1) is 0 Å². The molecule has 2 unspecified atom stereocenters. The average molecular weight is 364 g/mol. The number of carbonyl (C=O) groups is 1. The summed E-state index contributed by atoms with van der Waals surface area (Å²) in [6.07, 6.45) is 1.26. The van der Waals surface area contributed by atoms with Crippen molar-refractivity contribution in [3.8, 4) is 6.07 Å². The highest BCUT2D eigenvalue weighted by molar-refractivity contribution is 5.70. The number of nitrogens with zero attached hydrogens (tertiary/aromatic N) is 2. The van der Waals surface area contributed by atoms with Crippen LogP contribution in [0.15, 0.2) is 12.1 Å². The molecule has 140 valence electrons. The van der Waals surface area contributed by atoms with Crippen molar-refractivity contribution in [1.29, 1.82) is 5.26 Å². The van der Waals surface area contributed by atoms with E-state index >= 15 is 0 Å². The molecule has 26 heavy (non-hydrogen) atoms. The molecule has 2 aliphatic heterocycles. The second-order valence-corrected chi connectivity index (χ2v) is 8.14. The lowest BCUT2D eigenvalue weighted by atomic mass is 9.78. The molecule has 0 aliphatic carbocycles. The van der Waals surface area contributed by atoms with Crippen molar-refractivity contribution < 1.29 is 23.4 Å². The molecule has 2 bridgehead atoms. The van der Waals surface area contributed by atoms with Gasteiger partial charge in [-0.25, -0.2) is 13.6 Å². The molecule has 1 N–H and O–H groups in total. The smallest absolute Gasteiger partial charge is 0.410 e. The SMILES string of the molecule is CC(C)(C)OC(=O)N1C2CCC1CC(O)(c1cc(F)c(F)cc1C#N)C2. The van der Waals surface area contributed by atoms with Crippen molar-refractivity contribution in [2.45, 2.75) is 69.7 Å². The number of fused-ring (bicyclic) bond motifs is 2. The Morgan fingerprint density at radius 2 is 1.81 bits per heavy atom. The number of nitriles is 1.